The molecule has 7 heteroatoms. The molecule has 4 aromatic rings. The molecule has 0 radical (unpaired) electrons. The molecule has 100 valence electrons. The third-order valence-electron chi connectivity index (χ3n) is 3.24. The Hall–Kier alpha value is -2.15. The maximum absolute atomic E-state index is 4.62. The largest absolute Gasteiger partial charge is 0.337 e. The molecular weight excluding hydrogens is 272 g/mol. The number of hydrogen-bond donors (Lipinski definition) is 1. The number of nitrogens with one attached hydrogen (secondary N) is 1. The number of para-hydroxylation sites is 1. The van der Waals surface area contributed by atoms with E-state index < -0.39 is 0 Å². The van der Waals surface area contributed by atoms with E-state index in [1.165, 1.54) is 4.90 Å². The van der Waals surface area contributed by atoms with Crippen molar-refractivity contribution in [1.82, 2.24) is 29.8 Å². The highest BCUT2D eigenvalue weighted by Crippen LogP contribution is 2.30. The van der Waals surface area contributed by atoms with Gasteiger partial charge in [-0.05, 0) is 18.7 Å². The van der Waals surface area contributed by atoms with Crippen molar-refractivity contribution in [2.75, 3.05) is 5.75 Å². The van der Waals surface area contributed by atoms with E-state index in [1.54, 1.807) is 4.52 Å². The summed E-state index contributed by atoms with van der Waals surface area (Å²) in [6.45, 7) is 4.01. The van der Waals surface area contributed by atoms with Crippen molar-refractivity contribution in [2.45, 2.75) is 18.7 Å². The van der Waals surface area contributed by atoms with E-state index in [9.17, 15) is 0 Å². The molecular formula is C13H12N6S. The van der Waals surface area contributed by atoms with Crippen LogP contribution < -0.4 is 0 Å². The van der Waals surface area contributed by atoms with Crippen LogP contribution in [0.25, 0.3) is 27.8 Å². The SMILES string of the molecule is CCSc1cccc2c1[nH]c1nc3nnc(C)n3nc12. The number of rotatable bonds is 2. The van der Waals surface area contributed by atoms with Crippen LogP contribution in [0.5, 0.6) is 0 Å². The Morgan fingerprint density at radius 3 is 3.05 bits per heavy atom. The first-order chi connectivity index (χ1) is 9.78. The molecule has 0 unspecified atom stereocenters. The fourth-order valence-corrected chi connectivity index (χ4v) is 3.14. The molecule has 0 saturated heterocycles. The summed E-state index contributed by atoms with van der Waals surface area (Å²) in [5.74, 6) is 2.29. The van der Waals surface area contributed by atoms with Gasteiger partial charge in [-0.3, -0.25) is 0 Å². The number of fused-ring (bicyclic) bond motifs is 4. The predicted molar refractivity (Wildman–Crippen MR) is 79.1 cm³/mol. The standard InChI is InChI=1S/C13H12N6S/c1-3-20-9-6-4-5-8-10(9)14-12-11(8)18-19-7(2)16-17-13(19)15-12/h4-6H,3H2,1-2H3,(H,14,15,17). The minimum Gasteiger partial charge on any atom is -0.337 e. The van der Waals surface area contributed by atoms with Gasteiger partial charge in [0.15, 0.2) is 11.5 Å². The summed E-state index contributed by atoms with van der Waals surface area (Å²) >= 11 is 1.81. The van der Waals surface area contributed by atoms with Crippen molar-refractivity contribution in [3.05, 3.63) is 24.0 Å². The topological polar surface area (TPSA) is 71.8 Å². The molecule has 0 bridgehead atoms. The highest BCUT2D eigenvalue weighted by atomic mass is 32.2. The number of nitrogens with zero attached hydrogens (tertiary/aromatic N) is 5. The van der Waals surface area contributed by atoms with Crippen LogP contribution >= 0.6 is 11.8 Å². The normalized spacial score (nSPS) is 11.9. The van der Waals surface area contributed by atoms with Crippen LogP contribution in [0.3, 0.4) is 0 Å². The van der Waals surface area contributed by atoms with Gasteiger partial charge in [-0.15, -0.1) is 22.0 Å². The zero-order chi connectivity index (χ0) is 13.7. The Morgan fingerprint density at radius 2 is 2.20 bits per heavy atom. The molecule has 0 aliphatic heterocycles. The average Bonchev–Trinajstić information content (AvgIpc) is 2.99. The van der Waals surface area contributed by atoms with Crippen LogP contribution in [-0.4, -0.2) is 35.5 Å². The highest BCUT2D eigenvalue weighted by molar-refractivity contribution is 7.99. The fourth-order valence-electron chi connectivity index (χ4n) is 2.35. The third-order valence-corrected chi connectivity index (χ3v) is 4.18. The molecule has 0 aliphatic rings. The molecule has 0 spiro atoms. The van der Waals surface area contributed by atoms with Crippen molar-refractivity contribution in [1.29, 1.82) is 0 Å². The Labute approximate surface area is 118 Å². The Bertz CT molecular complexity index is 938. The van der Waals surface area contributed by atoms with Crippen LogP contribution in [0.1, 0.15) is 12.7 Å². The highest BCUT2D eigenvalue weighted by Gasteiger charge is 2.13. The lowest BCUT2D eigenvalue weighted by Gasteiger charge is -1.99. The Morgan fingerprint density at radius 1 is 1.30 bits per heavy atom. The van der Waals surface area contributed by atoms with Gasteiger partial charge in [0, 0.05) is 10.3 Å². The summed E-state index contributed by atoms with van der Waals surface area (Å²) in [5.41, 5.74) is 2.70. The van der Waals surface area contributed by atoms with Gasteiger partial charge in [-0.25, -0.2) is 0 Å². The van der Waals surface area contributed by atoms with E-state index in [-0.39, 0.29) is 0 Å². The molecule has 1 aromatic carbocycles. The van der Waals surface area contributed by atoms with Crippen LogP contribution in [0, 0.1) is 6.92 Å². The molecule has 6 nitrogen and oxygen atoms in total. The van der Waals surface area contributed by atoms with E-state index in [2.05, 4.69) is 50.4 Å². The minimum atomic E-state index is 0.520. The molecule has 3 heterocycles. The molecule has 20 heavy (non-hydrogen) atoms. The second-order valence-corrected chi connectivity index (χ2v) is 5.81. The van der Waals surface area contributed by atoms with E-state index in [0.29, 0.717) is 5.78 Å². The predicted octanol–water partition coefficient (Wildman–Crippen LogP) is 2.57. The maximum Gasteiger partial charge on any atom is 0.273 e. The Balaban J connectivity index is 2.13. The first-order valence-electron chi connectivity index (χ1n) is 6.41. The summed E-state index contributed by atoms with van der Waals surface area (Å²) in [6, 6.07) is 6.23. The molecule has 0 saturated carbocycles. The lowest BCUT2D eigenvalue weighted by atomic mass is 10.2. The maximum atomic E-state index is 4.62. The van der Waals surface area contributed by atoms with Gasteiger partial charge in [-0.1, -0.05) is 19.1 Å². The zero-order valence-electron chi connectivity index (χ0n) is 11.1. The molecule has 4 rings (SSSR count). The molecule has 3 aromatic heterocycles. The van der Waals surface area contributed by atoms with Crippen LogP contribution in [0.4, 0.5) is 0 Å². The fraction of sp³-hybridized carbons (Fsp3) is 0.231. The van der Waals surface area contributed by atoms with Crippen molar-refractivity contribution < 1.29 is 0 Å². The van der Waals surface area contributed by atoms with Crippen molar-refractivity contribution in [3.63, 3.8) is 0 Å². The lowest BCUT2D eigenvalue weighted by molar-refractivity contribution is 0.886. The monoisotopic (exact) mass is 284 g/mol. The quantitative estimate of drug-likeness (QED) is 0.573. The van der Waals surface area contributed by atoms with Gasteiger partial charge < -0.3 is 4.98 Å². The number of aromatic nitrogens is 6. The summed E-state index contributed by atoms with van der Waals surface area (Å²) < 4.78 is 1.68. The van der Waals surface area contributed by atoms with Crippen LogP contribution in [0.15, 0.2) is 23.1 Å². The van der Waals surface area contributed by atoms with E-state index in [1.807, 2.05) is 18.7 Å². The summed E-state index contributed by atoms with van der Waals surface area (Å²) in [6.07, 6.45) is 0. The van der Waals surface area contributed by atoms with Gasteiger partial charge >= 0.3 is 0 Å². The first kappa shape index (κ1) is 11.7. The molecule has 0 aliphatic carbocycles. The smallest absolute Gasteiger partial charge is 0.273 e. The number of aromatic amines is 1. The first-order valence-corrected chi connectivity index (χ1v) is 7.39. The van der Waals surface area contributed by atoms with Crippen LogP contribution in [0.2, 0.25) is 0 Å². The molecule has 1 N–H and O–H groups in total. The number of hydrogen-bond acceptors (Lipinski definition) is 5. The van der Waals surface area contributed by atoms with Gasteiger partial charge in [-0.2, -0.15) is 14.6 Å². The molecule has 0 fully saturated rings. The summed E-state index contributed by atoms with van der Waals surface area (Å²) in [5, 5.41) is 13.7. The van der Waals surface area contributed by atoms with Gasteiger partial charge in [0.05, 0.1) is 5.52 Å². The van der Waals surface area contributed by atoms with Crippen molar-refractivity contribution in [2.24, 2.45) is 0 Å². The van der Waals surface area contributed by atoms with Gasteiger partial charge in [0.1, 0.15) is 5.52 Å². The number of H-pyrrole nitrogens is 1. The van der Waals surface area contributed by atoms with Crippen LogP contribution in [-0.2, 0) is 0 Å². The van der Waals surface area contributed by atoms with Gasteiger partial charge in [0.25, 0.3) is 5.78 Å². The number of thioether (sulfide) groups is 1. The molecule has 0 atom stereocenters. The summed E-state index contributed by atoms with van der Waals surface area (Å²) in [7, 11) is 0. The van der Waals surface area contributed by atoms with E-state index in [4.69, 9.17) is 0 Å². The average molecular weight is 284 g/mol. The van der Waals surface area contributed by atoms with E-state index >= 15 is 0 Å². The lowest BCUT2D eigenvalue weighted by Crippen LogP contribution is -1.96. The Kier molecular flexibility index (Phi) is 2.43. The zero-order valence-corrected chi connectivity index (χ0v) is 11.9. The van der Waals surface area contributed by atoms with Crippen molar-refractivity contribution >= 4 is 39.6 Å². The number of aryl methyl sites for hydroxylation is 1. The third kappa shape index (κ3) is 1.53. The van der Waals surface area contributed by atoms with Crippen molar-refractivity contribution in [3.8, 4) is 0 Å². The van der Waals surface area contributed by atoms with E-state index in [0.717, 1.165) is 33.6 Å². The second kappa shape index (κ2) is 4.17. The molecule has 0 amide bonds. The minimum absolute atomic E-state index is 0.520. The van der Waals surface area contributed by atoms with Gasteiger partial charge in [0.2, 0.25) is 0 Å². The summed E-state index contributed by atoms with van der Waals surface area (Å²) in [4.78, 5) is 9.08. The number of benzene rings is 1. The second-order valence-electron chi connectivity index (χ2n) is 4.50.